The first-order valence-electron chi connectivity index (χ1n) is 3.67. The van der Waals surface area contributed by atoms with Crippen LogP contribution in [0.25, 0.3) is 0 Å². The molecule has 1 aromatic rings. The molecule has 0 spiro atoms. The zero-order valence-corrected chi connectivity index (χ0v) is 6.39. The molecule has 0 amide bonds. The molecule has 0 atom stereocenters. The SMILES string of the molecule is CNc1ncnc2c1CCN2. The molecule has 0 bridgehead atoms. The van der Waals surface area contributed by atoms with Crippen LogP contribution in [0.3, 0.4) is 0 Å². The summed E-state index contributed by atoms with van der Waals surface area (Å²) in [6, 6.07) is 0. The van der Waals surface area contributed by atoms with Crippen LogP contribution in [0.1, 0.15) is 5.56 Å². The van der Waals surface area contributed by atoms with Crippen molar-refractivity contribution in [2.45, 2.75) is 6.42 Å². The van der Waals surface area contributed by atoms with E-state index in [1.807, 2.05) is 7.05 Å². The second-order valence-corrected chi connectivity index (χ2v) is 2.48. The maximum absolute atomic E-state index is 4.11. The average Bonchev–Trinajstić information content (AvgIpc) is 2.50. The van der Waals surface area contributed by atoms with Crippen LogP contribution in [0, 0.1) is 0 Å². The van der Waals surface area contributed by atoms with Gasteiger partial charge in [0.05, 0.1) is 0 Å². The van der Waals surface area contributed by atoms with Crippen molar-refractivity contribution in [3.63, 3.8) is 0 Å². The summed E-state index contributed by atoms with van der Waals surface area (Å²) in [6.07, 6.45) is 2.59. The molecule has 0 saturated heterocycles. The number of nitrogens with one attached hydrogen (secondary N) is 2. The van der Waals surface area contributed by atoms with Crippen LogP contribution in [0.2, 0.25) is 0 Å². The van der Waals surface area contributed by atoms with Crippen LogP contribution in [0.15, 0.2) is 6.33 Å². The Hall–Kier alpha value is -1.32. The molecule has 4 nitrogen and oxygen atoms in total. The van der Waals surface area contributed by atoms with Crippen molar-refractivity contribution in [2.24, 2.45) is 0 Å². The summed E-state index contributed by atoms with van der Waals surface area (Å²) in [6.45, 7) is 0.975. The fourth-order valence-electron chi connectivity index (χ4n) is 1.32. The number of rotatable bonds is 1. The summed E-state index contributed by atoms with van der Waals surface area (Å²) in [5, 5.41) is 6.22. The van der Waals surface area contributed by atoms with Crippen LogP contribution >= 0.6 is 0 Å². The third-order valence-corrected chi connectivity index (χ3v) is 1.85. The van der Waals surface area contributed by atoms with Gasteiger partial charge in [0.1, 0.15) is 18.0 Å². The van der Waals surface area contributed by atoms with Crippen molar-refractivity contribution in [1.29, 1.82) is 0 Å². The molecule has 0 radical (unpaired) electrons. The minimum atomic E-state index is 0.944. The highest BCUT2D eigenvalue weighted by atomic mass is 15.1. The van der Waals surface area contributed by atoms with Crippen molar-refractivity contribution in [2.75, 3.05) is 24.2 Å². The first kappa shape index (κ1) is 6.39. The van der Waals surface area contributed by atoms with Crippen LogP contribution < -0.4 is 10.6 Å². The quantitative estimate of drug-likeness (QED) is 0.611. The predicted octanol–water partition coefficient (Wildman–Crippen LogP) is 0.486. The standard InChI is InChI=1S/C7H10N4/c1-8-6-5-2-3-9-7(5)11-4-10-6/h4H,2-3H2,1H3,(H2,8,9,10,11). The molecule has 2 N–H and O–H groups in total. The Morgan fingerprint density at radius 3 is 3.27 bits per heavy atom. The van der Waals surface area contributed by atoms with Crippen molar-refractivity contribution < 1.29 is 0 Å². The third kappa shape index (κ3) is 0.906. The highest BCUT2D eigenvalue weighted by Gasteiger charge is 2.14. The molecule has 0 unspecified atom stereocenters. The topological polar surface area (TPSA) is 49.8 Å². The Morgan fingerprint density at radius 2 is 2.45 bits per heavy atom. The molecule has 2 rings (SSSR count). The van der Waals surface area contributed by atoms with Gasteiger partial charge in [0.2, 0.25) is 0 Å². The molecular formula is C7H10N4. The maximum Gasteiger partial charge on any atom is 0.134 e. The molecule has 11 heavy (non-hydrogen) atoms. The predicted molar refractivity (Wildman–Crippen MR) is 43.8 cm³/mol. The van der Waals surface area contributed by atoms with Crippen molar-refractivity contribution in [1.82, 2.24) is 9.97 Å². The van der Waals surface area contributed by atoms with E-state index in [1.165, 1.54) is 5.56 Å². The van der Waals surface area contributed by atoms with E-state index in [1.54, 1.807) is 6.33 Å². The van der Waals surface area contributed by atoms with Gasteiger partial charge in [-0.2, -0.15) is 0 Å². The lowest BCUT2D eigenvalue weighted by molar-refractivity contribution is 1.08. The fourth-order valence-corrected chi connectivity index (χ4v) is 1.32. The van der Waals surface area contributed by atoms with Crippen molar-refractivity contribution in [3.05, 3.63) is 11.9 Å². The van der Waals surface area contributed by atoms with E-state index in [-0.39, 0.29) is 0 Å². The number of aromatic nitrogens is 2. The van der Waals surface area contributed by atoms with Gasteiger partial charge in [-0.15, -0.1) is 0 Å². The lowest BCUT2D eigenvalue weighted by Crippen LogP contribution is -1.97. The average molecular weight is 150 g/mol. The van der Waals surface area contributed by atoms with E-state index in [4.69, 9.17) is 0 Å². The summed E-state index contributed by atoms with van der Waals surface area (Å²) in [5.74, 6) is 1.92. The molecule has 0 aliphatic carbocycles. The van der Waals surface area contributed by atoms with Crippen molar-refractivity contribution >= 4 is 11.6 Å². The van der Waals surface area contributed by atoms with Gasteiger partial charge in [-0.1, -0.05) is 0 Å². The number of anilines is 2. The van der Waals surface area contributed by atoms with Gasteiger partial charge in [0, 0.05) is 19.2 Å². The van der Waals surface area contributed by atoms with Gasteiger partial charge in [0.15, 0.2) is 0 Å². The monoisotopic (exact) mass is 150 g/mol. The Balaban J connectivity index is 2.50. The molecular weight excluding hydrogens is 140 g/mol. The molecule has 58 valence electrons. The second kappa shape index (κ2) is 2.38. The van der Waals surface area contributed by atoms with Crippen LogP contribution in [0.4, 0.5) is 11.6 Å². The minimum Gasteiger partial charge on any atom is -0.373 e. The van der Waals surface area contributed by atoms with Crippen molar-refractivity contribution in [3.8, 4) is 0 Å². The van der Waals surface area contributed by atoms with Crippen LogP contribution in [-0.2, 0) is 6.42 Å². The molecule has 1 aromatic heterocycles. The number of nitrogens with zero attached hydrogens (tertiary/aromatic N) is 2. The van der Waals surface area contributed by atoms with E-state index in [2.05, 4.69) is 20.6 Å². The smallest absolute Gasteiger partial charge is 0.134 e. The summed E-state index contributed by atoms with van der Waals surface area (Å²) in [7, 11) is 1.88. The molecule has 1 aliphatic rings. The van der Waals surface area contributed by atoms with Gasteiger partial charge < -0.3 is 10.6 Å². The lowest BCUT2D eigenvalue weighted by atomic mass is 10.2. The first-order valence-corrected chi connectivity index (χ1v) is 3.67. The Labute approximate surface area is 65.1 Å². The highest BCUT2D eigenvalue weighted by molar-refractivity contribution is 5.60. The first-order chi connectivity index (χ1) is 5.42. The molecule has 0 aromatic carbocycles. The third-order valence-electron chi connectivity index (χ3n) is 1.85. The summed E-state index contributed by atoms with van der Waals surface area (Å²) >= 11 is 0. The Kier molecular flexibility index (Phi) is 1.38. The number of hydrogen-bond donors (Lipinski definition) is 2. The maximum atomic E-state index is 4.11. The van der Waals surface area contributed by atoms with E-state index in [0.29, 0.717) is 0 Å². The van der Waals surface area contributed by atoms with Crippen LogP contribution in [-0.4, -0.2) is 23.6 Å². The van der Waals surface area contributed by atoms with E-state index in [9.17, 15) is 0 Å². The molecule has 0 fully saturated rings. The molecule has 1 aliphatic heterocycles. The van der Waals surface area contributed by atoms with Gasteiger partial charge >= 0.3 is 0 Å². The highest BCUT2D eigenvalue weighted by Crippen LogP contribution is 2.23. The molecule has 4 heteroatoms. The van der Waals surface area contributed by atoms with Gasteiger partial charge in [-0.05, 0) is 6.42 Å². The molecule has 0 saturated carbocycles. The van der Waals surface area contributed by atoms with Crippen LogP contribution in [0.5, 0.6) is 0 Å². The van der Waals surface area contributed by atoms with Gasteiger partial charge in [-0.3, -0.25) is 0 Å². The van der Waals surface area contributed by atoms with E-state index in [0.717, 1.165) is 24.6 Å². The minimum absolute atomic E-state index is 0.944. The van der Waals surface area contributed by atoms with Gasteiger partial charge in [0.25, 0.3) is 0 Å². The number of fused-ring (bicyclic) bond motifs is 1. The fraction of sp³-hybridized carbons (Fsp3) is 0.429. The zero-order valence-electron chi connectivity index (χ0n) is 6.39. The number of hydrogen-bond acceptors (Lipinski definition) is 4. The molecule has 2 heterocycles. The summed E-state index contributed by atoms with van der Waals surface area (Å²) in [5.41, 5.74) is 1.20. The Morgan fingerprint density at radius 1 is 1.55 bits per heavy atom. The summed E-state index contributed by atoms with van der Waals surface area (Å²) < 4.78 is 0. The largest absolute Gasteiger partial charge is 0.373 e. The second-order valence-electron chi connectivity index (χ2n) is 2.48. The van der Waals surface area contributed by atoms with Gasteiger partial charge in [-0.25, -0.2) is 9.97 Å². The zero-order chi connectivity index (χ0) is 7.68. The summed E-state index contributed by atoms with van der Waals surface area (Å²) in [4.78, 5) is 8.21. The lowest BCUT2D eigenvalue weighted by Gasteiger charge is -2.02. The normalized spacial score (nSPS) is 13.9. The Bertz CT molecular complexity index is 271. The van der Waals surface area contributed by atoms with E-state index >= 15 is 0 Å². The van der Waals surface area contributed by atoms with E-state index < -0.39 is 0 Å².